The van der Waals surface area contributed by atoms with E-state index in [-0.39, 0.29) is 25.7 Å². The van der Waals surface area contributed by atoms with Gasteiger partial charge in [0.2, 0.25) is 0 Å². The van der Waals surface area contributed by atoms with Crippen LogP contribution >= 0.6 is 15.6 Å². The molecular weight excluding hydrogens is 1070 g/mol. The first-order valence-corrected chi connectivity index (χ1v) is 35.3. The van der Waals surface area contributed by atoms with E-state index in [1.165, 1.54) is 141 Å². The van der Waals surface area contributed by atoms with Crippen molar-refractivity contribution in [2.24, 2.45) is 0 Å². The number of unbranched alkanes of at least 4 members (excludes halogenated alkanes) is 36. The summed E-state index contributed by atoms with van der Waals surface area (Å²) in [5.74, 6) is -2.14. The van der Waals surface area contributed by atoms with Gasteiger partial charge in [0.15, 0.2) is 12.2 Å². The summed E-state index contributed by atoms with van der Waals surface area (Å²) < 4.78 is 67.8. The largest absolute Gasteiger partial charge is 0.472 e. The molecule has 2 unspecified atom stereocenters. The Hall–Kier alpha value is -1.94. The molecule has 0 aromatic carbocycles. The van der Waals surface area contributed by atoms with Crippen LogP contribution in [0.1, 0.15) is 310 Å². The molecule has 0 aromatic rings. The normalized spacial score (nSPS) is 14.2. The molecule has 474 valence electrons. The quantitative estimate of drug-likeness (QED) is 0.0222. The molecule has 0 spiro atoms. The van der Waals surface area contributed by atoms with E-state index in [9.17, 15) is 43.2 Å². The van der Waals surface area contributed by atoms with Gasteiger partial charge >= 0.3 is 39.5 Å². The molecule has 0 aliphatic carbocycles. The van der Waals surface area contributed by atoms with Crippen LogP contribution in [-0.2, 0) is 65.4 Å². The number of aliphatic hydroxyl groups excluding tert-OH is 1. The van der Waals surface area contributed by atoms with Crippen LogP contribution in [0.25, 0.3) is 0 Å². The van der Waals surface area contributed by atoms with Gasteiger partial charge in [0, 0.05) is 25.7 Å². The fourth-order valence-electron chi connectivity index (χ4n) is 9.10. The molecular formula is C61H118O17P2. The fourth-order valence-corrected chi connectivity index (χ4v) is 10.7. The number of phosphoric acid groups is 2. The second kappa shape index (κ2) is 56.2. The maximum atomic E-state index is 12.9. The van der Waals surface area contributed by atoms with Gasteiger partial charge in [0.1, 0.15) is 19.3 Å². The Labute approximate surface area is 486 Å². The average molecular weight is 1190 g/mol. The first kappa shape index (κ1) is 78.1. The molecule has 0 saturated heterocycles. The van der Waals surface area contributed by atoms with Crippen molar-refractivity contribution in [2.75, 3.05) is 39.6 Å². The average Bonchev–Trinajstić information content (AvgIpc) is 3.43. The summed E-state index contributed by atoms with van der Waals surface area (Å²) in [6.07, 6.45) is 40.2. The molecule has 0 saturated carbocycles. The highest BCUT2D eigenvalue weighted by Gasteiger charge is 2.30. The van der Waals surface area contributed by atoms with Crippen LogP contribution in [0.5, 0.6) is 0 Å². The topological polar surface area (TPSA) is 237 Å². The molecule has 0 aliphatic rings. The first-order valence-electron chi connectivity index (χ1n) is 32.3. The molecule has 0 amide bonds. The molecule has 19 heteroatoms. The summed E-state index contributed by atoms with van der Waals surface area (Å²) >= 11 is 0. The van der Waals surface area contributed by atoms with Crippen LogP contribution in [0.15, 0.2) is 0 Å². The van der Waals surface area contributed by atoms with Crippen LogP contribution in [0.2, 0.25) is 0 Å². The second-order valence-electron chi connectivity index (χ2n) is 22.1. The second-order valence-corrected chi connectivity index (χ2v) is 25.0. The van der Waals surface area contributed by atoms with Crippen molar-refractivity contribution in [3.05, 3.63) is 0 Å². The standard InChI is InChI=1S/C61H118O17P2/c1-5-9-13-17-21-25-28-32-36-40-44-48-61(66)78-57(52-72-59(64)46-42-38-34-30-26-22-18-14-10-6-2)54-76-80(69,70)74-50-55(62)49-73-79(67,68)75-53-56(51-71-58(63)45-41-37-33-29-24-20-16-12-8-4)77-60(65)47-43-39-35-31-27-23-19-15-11-7-3/h55-57,62H,5-54H2,1-4H3,(H,67,68)(H,69,70)/t55-,56+,57+/m0/s1. The maximum Gasteiger partial charge on any atom is 0.472 e. The van der Waals surface area contributed by atoms with Crippen LogP contribution in [0.4, 0.5) is 0 Å². The van der Waals surface area contributed by atoms with Crippen molar-refractivity contribution in [3.63, 3.8) is 0 Å². The summed E-state index contributed by atoms with van der Waals surface area (Å²) in [5, 5.41) is 10.5. The fraction of sp³-hybridized carbons (Fsp3) is 0.934. The van der Waals surface area contributed by atoms with Gasteiger partial charge in [-0.1, -0.05) is 259 Å². The Morgan fingerprint density at radius 3 is 0.738 bits per heavy atom. The van der Waals surface area contributed by atoms with Crippen molar-refractivity contribution in [3.8, 4) is 0 Å². The minimum absolute atomic E-state index is 0.107. The number of hydrogen-bond donors (Lipinski definition) is 3. The third-order valence-electron chi connectivity index (χ3n) is 14.1. The molecule has 0 aliphatic heterocycles. The molecule has 17 nitrogen and oxygen atoms in total. The number of ether oxygens (including phenoxy) is 4. The summed E-state index contributed by atoms with van der Waals surface area (Å²) in [6, 6.07) is 0. The zero-order chi connectivity index (χ0) is 59.1. The number of carbonyl (C=O) groups excluding carboxylic acids is 4. The van der Waals surface area contributed by atoms with Gasteiger partial charge < -0.3 is 33.8 Å². The Bertz CT molecular complexity index is 1550. The zero-order valence-corrected chi connectivity index (χ0v) is 52.8. The Kier molecular flexibility index (Phi) is 54.8. The molecule has 80 heavy (non-hydrogen) atoms. The molecule has 0 heterocycles. The number of hydrogen-bond acceptors (Lipinski definition) is 15. The lowest BCUT2D eigenvalue weighted by Crippen LogP contribution is -2.30. The van der Waals surface area contributed by atoms with Crippen LogP contribution in [-0.4, -0.2) is 96.7 Å². The van der Waals surface area contributed by atoms with Crippen molar-refractivity contribution < 1.29 is 80.2 Å². The Morgan fingerprint density at radius 2 is 0.500 bits per heavy atom. The molecule has 5 atom stereocenters. The number of rotatable bonds is 62. The third-order valence-corrected chi connectivity index (χ3v) is 16.0. The third kappa shape index (κ3) is 55.3. The lowest BCUT2D eigenvalue weighted by atomic mass is 10.1. The van der Waals surface area contributed by atoms with Gasteiger partial charge in [0.25, 0.3) is 0 Å². The highest BCUT2D eigenvalue weighted by molar-refractivity contribution is 7.47. The lowest BCUT2D eigenvalue weighted by molar-refractivity contribution is -0.161. The Balaban J connectivity index is 5.22. The lowest BCUT2D eigenvalue weighted by Gasteiger charge is -2.21. The first-order chi connectivity index (χ1) is 38.7. The van der Waals surface area contributed by atoms with Gasteiger partial charge in [-0.05, 0) is 25.7 Å². The van der Waals surface area contributed by atoms with Gasteiger partial charge in [-0.2, -0.15) is 0 Å². The minimum atomic E-state index is -4.94. The molecule has 3 N–H and O–H groups in total. The molecule has 0 bridgehead atoms. The van der Waals surface area contributed by atoms with Crippen molar-refractivity contribution in [1.82, 2.24) is 0 Å². The van der Waals surface area contributed by atoms with Crippen LogP contribution in [0, 0.1) is 0 Å². The van der Waals surface area contributed by atoms with Crippen LogP contribution in [0.3, 0.4) is 0 Å². The number of esters is 4. The number of aliphatic hydroxyl groups is 1. The highest BCUT2D eigenvalue weighted by atomic mass is 31.2. The Morgan fingerprint density at radius 1 is 0.300 bits per heavy atom. The van der Waals surface area contributed by atoms with Gasteiger partial charge in [-0.3, -0.25) is 37.3 Å². The molecule has 0 rings (SSSR count). The van der Waals surface area contributed by atoms with E-state index in [4.69, 9.17) is 37.0 Å². The predicted molar refractivity (Wildman–Crippen MR) is 317 cm³/mol. The van der Waals surface area contributed by atoms with E-state index in [0.717, 1.165) is 89.9 Å². The number of phosphoric ester groups is 2. The number of carbonyl (C=O) groups is 4. The van der Waals surface area contributed by atoms with E-state index in [1.54, 1.807) is 0 Å². The van der Waals surface area contributed by atoms with E-state index >= 15 is 0 Å². The summed E-state index contributed by atoms with van der Waals surface area (Å²) in [4.78, 5) is 72.0. The molecule has 0 radical (unpaired) electrons. The smallest absolute Gasteiger partial charge is 0.462 e. The summed E-state index contributed by atoms with van der Waals surface area (Å²) in [5.41, 5.74) is 0. The van der Waals surface area contributed by atoms with Gasteiger partial charge in [0.05, 0.1) is 26.4 Å². The highest BCUT2D eigenvalue weighted by Crippen LogP contribution is 2.45. The van der Waals surface area contributed by atoms with Crippen molar-refractivity contribution in [2.45, 2.75) is 329 Å². The summed E-state index contributed by atoms with van der Waals surface area (Å²) in [6.45, 7) is 4.84. The van der Waals surface area contributed by atoms with E-state index in [2.05, 4.69) is 27.7 Å². The minimum Gasteiger partial charge on any atom is -0.462 e. The van der Waals surface area contributed by atoms with E-state index < -0.39 is 97.5 Å². The summed E-state index contributed by atoms with van der Waals surface area (Å²) in [7, 11) is -9.87. The maximum absolute atomic E-state index is 12.9. The molecule has 0 aromatic heterocycles. The molecule has 0 fully saturated rings. The SMILES string of the molecule is CCCCCCCCCCCCCC(=O)O[C@H](COC(=O)CCCCCCCCCCCC)COP(=O)(O)OC[C@@H](O)COP(=O)(O)OC[C@@H](COC(=O)CCCCCCCCCCC)OC(=O)CCCCCCCCCCCC. The van der Waals surface area contributed by atoms with Crippen LogP contribution < -0.4 is 0 Å². The van der Waals surface area contributed by atoms with E-state index in [1.807, 2.05) is 0 Å². The van der Waals surface area contributed by atoms with Gasteiger partial charge in [-0.15, -0.1) is 0 Å². The van der Waals surface area contributed by atoms with Crippen molar-refractivity contribution >= 4 is 39.5 Å². The predicted octanol–water partition coefficient (Wildman–Crippen LogP) is 16.8. The van der Waals surface area contributed by atoms with Crippen molar-refractivity contribution in [1.29, 1.82) is 0 Å². The van der Waals surface area contributed by atoms with E-state index in [0.29, 0.717) is 25.7 Å². The van der Waals surface area contributed by atoms with Gasteiger partial charge in [-0.25, -0.2) is 9.13 Å². The zero-order valence-electron chi connectivity index (χ0n) is 51.0. The monoisotopic (exact) mass is 1180 g/mol.